The average molecular weight is 244 g/mol. The van der Waals surface area contributed by atoms with E-state index in [0.29, 0.717) is 11.3 Å². The van der Waals surface area contributed by atoms with E-state index < -0.39 is 17.3 Å². The van der Waals surface area contributed by atoms with Gasteiger partial charge in [-0.3, -0.25) is 0 Å². The Morgan fingerprint density at radius 1 is 1.18 bits per heavy atom. The Hall–Kier alpha value is -1.56. The van der Waals surface area contributed by atoms with Gasteiger partial charge in [-0.1, -0.05) is 0 Å². The van der Waals surface area contributed by atoms with Gasteiger partial charge in [0.1, 0.15) is 11.2 Å². The molecule has 0 amide bonds. The van der Waals surface area contributed by atoms with E-state index in [-0.39, 0.29) is 0 Å². The highest BCUT2D eigenvalue weighted by molar-refractivity contribution is 5.42. The number of hydrogen-bond donors (Lipinski definition) is 1. The highest BCUT2D eigenvalue weighted by Gasteiger charge is 2.31. The molecule has 0 spiro atoms. The van der Waals surface area contributed by atoms with E-state index >= 15 is 0 Å². The maximum Gasteiger partial charge on any atom is 0.417 e. The fraction of sp³-hybridized carbons (Fsp3) is 0.364. The highest BCUT2D eigenvalue weighted by Crippen LogP contribution is 2.29. The summed E-state index contributed by atoms with van der Waals surface area (Å²) in [4.78, 5) is 4.05. The fourth-order valence-corrected chi connectivity index (χ4v) is 1.45. The molecule has 1 N–H and O–H groups in total. The zero-order chi connectivity index (χ0) is 12.8. The molecule has 0 fully saturated rings. The molecule has 6 heteroatoms. The zero-order valence-electron chi connectivity index (χ0n) is 9.28. The number of rotatable bonds is 1. The van der Waals surface area contributed by atoms with E-state index in [1.165, 1.54) is 30.5 Å². The lowest BCUT2D eigenvalue weighted by molar-refractivity contribution is -0.137. The average Bonchev–Trinajstić information content (AvgIpc) is 2.57. The summed E-state index contributed by atoms with van der Waals surface area (Å²) in [6, 6.07) is 2.24. The minimum Gasteiger partial charge on any atom is -0.384 e. The molecule has 0 saturated carbocycles. The number of nitrogens with zero attached hydrogens (tertiary/aromatic N) is 2. The molecular weight excluding hydrogens is 233 g/mol. The SMILES string of the molecule is CC(C)(O)c1cn2cc(C(F)(F)F)ccc2n1. The van der Waals surface area contributed by atoms with Crippen molar-refractivity contribution in [2.24, 2.45) is 0 Å². The summed E-state index contributed by atoms with van der Waals surface area (Å²) in [5.41, 5.74) is -1.22. The molecule has 0 aliphatic rings. The van der Waals surface area contributed by atoms with E-state index in [1.54, 1.807) is 0 Å². The van der Waals surface area contributed by atoms with Crippen LogP contribution in [0.1, 0.15) is 25.1 Å². The molecule has 0 atom stereocenters. The first-order chi connectivity index (χ1) is 7.68. The molecule has 2 rings (SSSR count). The number of halogens is 3. The van der Waals surface area contributed by atoms with Crippen LogP contribution in [0.4, 0.5) is 13.2 Å². The lowest BCUT2D eigenvalue weighted by Crippen LogP contribution is -2.15. The standard InChI is InChI=1S/C11H11F3N2O/c1-10(2,17)8-6-16-5-7(11(12,13)14)3-4-9(16)15-8/h3-6,17H,1-2H3. The van der Waals surface area contributed by atoms with E-state index in [2.05, 4.69) is 4.98 Å². The Kier molecular flexibility index (Phi) is 2.43. The van der Waals surface area contributed by atoms with Crippen LogP contribution in [0, 0.1) is 0 Å². The number of pyridine rings is 1. The number of aliphatic hydroxyl groups is 1. The van der Waals surface area contributed by atoms with E-state index in [1.807, 2.05) is 0 Å². The minimum atomic E-state index is -4.38. The topological polar surface area (TPSA) is 37.5 Å². The number of aromatic nitrogens is 2. The van der Waals surface area contributed by atoms with Crippen molar-refractivity contribution in [3.8, 4) is 0 Å². The molecule has 2 aromatic rings. The van der Waals surface area contributed by atoms with Gasteiger partial charge in [-0.05, 0) is 26.0 Å². The summed E-state index contributed by atoms with van der Waals surface area (Å²) >= 11 is 0. The van der Waals surface area contributed by atoms with Gasteiger partial charge in [0.05, 0.1) is 11.3 Å². The van der Waals surface area contributed by atoms with Gasteiger partial charge in [0.15, 0.2) is 0 Å². The summed E-state index contributed by atoms with van der Waals surface area (Å²) in [5, 5.41) is 9.72. The molecule has 0 unspecified atom stereocenters. The molecule has 0 aromatic carbocycles. The predicted molar refractivity (Wildman–Crippen MR) is 55.4 cm³/mol. The van der Waals surface area contributed by atoms with Gasteiger partial charge in [0.2, 0.25) is 0 Å². The second-order valence-electron chi connectivity index (χ2n) is 4.37. The molecule has 2 heterocycles. The highest BCUT2D eigenvalue weighted by atomic mass is 19.4. The summed E-state index contributed by atoms with van der Waals surface area (Å²) < 4.78 is 38.7. The molecule has 92 valence electrons. The predicted octanol–water partition coefficient (Wildman–Crippen LogP) is 2.58. The molecule has 3 nitrogen and oxygen atoms in total. The van der Waals surface area contributed by atoms with E-state index in [0.717, 1.165) is 12.3 Å². The van der Waals surface area contributed by atoms with Crippen LogP contribution in [0.5, 0.6) is 0 Å². The summed E-state index contributed by atoms with van der Waals surface area (Å²) in [7, 11) is 0. The Bertz CT molecular complexity index is 540. The van der Waals surface area contributed by atoms with Crippen LogP contribution < -0.4 is 0 Å². The lowest BCUT2D eigenvalue weighted by Gasteiger charge is -2.12. The Balaban J connectivity index is 2.56. The van der Waals surface area contributed by atoms with Gasteiger partial charge < -0.3 is 9.51 Å². The smallest absolute Gasteiger partial charge is 0.384 e. The molecule has 0 bridgehead atoms. The number of imidazole rings is 1. The first kappa shape index (κ1) is 11.9. The molecule has 0 aliphatic carbocycles. The van der Waals surface area contributed by atoms with Crippen LogP contribution >= 0.6 is 0 Å². The first-order valence-corrected chi connectivity index (χ1v) is 4.97. The van der Waals surface area contributed by atoms with Crippen molar-refractivity contribution in [1.29, 1.82) is 0 Å². The zero-order valence-corrected chi connectivity index (χ0v) is 9.28. The van der Waals surface area contributed by atoms with Crippen molar-refractivity contribution in [2.45, 2.75) is 25.6 Å². The summed E-state index contributed by atoms with van der Waals surface area (Å²) in [6.45, 7) is 3.05. The van der Waals surface area contributed by atoms with Gasteiger partial charge in [-0.15, -0.1) is 0 Å². The second kappa shape index (κ2) is 3.46. The first-order valence-electron chi connectivity index (χ1n) is 4.97. The third-order valence-electron chi connectivity index (χ3n) is 2.41. The van der Waals surface area contributed by atoms with Crippen molar-refractivity contribution in [1.82, 2.24) is 9.38 Å². The number of fused-ring (bicyclic) bond motifs is 1. The second-order valence-corrected chi connectivity index (χ2v) is 4.37. The van der Waals surface area contributed by atoms with Crippen LogP contribution in [0.3, 0.4) is 0 Å². The van der Waals surface area contributed by atoms with Crippen molar-refractivity contribution in [3.63, 3.8) is 0 Å². The lowest BCUT2D eigenvalue weighted by atomic mass is 10.1. The Morgan fingerprint density at radius 3 is 2.35 bits per heavy atom. The monoisotopic (exact) mass is 244 g/mol. The molecule has 0 aliphatic heterocycles. The summed E-state index contributed by atoms with van der Waals surface area (Å²) in [5.74, 6) is 0. The number of hydrogen-bond acceptors (Lipinski definition) is 2. The normalized spacial score (nSPS) is 13.3. The van der Waals surface area contributed by atoms with E-state index in [9.17, 15) is 18.3 Å². The van der Waals surface area contributed by atoms with Crippen molar-refractivity contribution in [2.75, 3.05) is 0 Å². The van der Waals surface area contributed by atoms with Crippen LogP contribution in [-0.4, -0.2) is 14.5 Å². The van der Waals surface area contributed by atoms with Crippen LogP contribution in [0.25, 0.3) is 5.65 Å². The molecule has 17 heavy (non-hydrogen) atoms. The molecular formula is C11H11F3N2O. The largest absolute Gasteiger partial charge is 0.417 e. The van der Waals surface area contributed by atoms with Gasteiger partial charge in [0.25, 0.3) is 0 Å². The molecule has 0 saturated heterocycles. The van der Waals surface area contributed by atoms with Gasteiger partial charge >= 0.3 is 6.18 Å². The van der Waals surface area contributed by atoms with Crippen LogP contribution in [0.2, 0.25) is 0 Å². The van der Waals surface area contributed by atoms with Crippen molar-refractivity contribution < 1.29 is 18.3 Å². The summed E-state index contributed by atoms with van der Waals surface area (Å²) in [6.07, 6.45) is -2.03. The van der Waals surface area contributed by atoms with Gasteiger partial charge in [0, 0.05) is 12.4 Å². The third kappa shape index (κ3) is 2.26. The fourth-order valence-electron chi connectivity index (χ4n) is 1.45. The van der Waals surface area contributed by atoms with Crippen molar-refractivity contribution in [3.05, 3.63) is 35.8 Å². The Labute approximate surface area is 95.5 Å². The van der Waals surface area contributed by atoms with Crippen LogP contribution in [0.15, 0.2) is 24.5 Å². The quantitative estimate of drug-likeness (QED) is 0.837. The Morgan fingerprint density at radius 2 is 1.82 bits per heavy atom. The van der Waals surface area contributed by atoms with Crippen molar-refractivity contribution >= 4 is 5.65 Å². The van der Waals surface area contributed by atoms with Gasteiger partial charge in [-0.2, -0.15) is 13.2 Å². The van der Waals surface area contributed by atoms with E-state index in [4.69, 9.17) is 0 Å². The maximum absolute atomic E-state index is 12.5. The molecule has 2 aromatic heterocycles. The maximum atomic E-state index is 12.5. The molecule has 0 radical (unpaired) electrons. The van der Waals surface area contributed by atoms with Gasteiger partial charge in [-0.25, -0.2) is 4.98 Å². The minimum absolute atomic E-state index is 0.330. The van der Waals surface area contributed by atoms with Crippen LogP contribution in [-0.2, 0) is 11.8 Å². The number of alkyl halides is 3. The third-order valence-corrected chi connectivity index (χ3v) is 2.41.